The van der Waals surface area contributed by atoms with Crippen molar-refractivity contribution < 1.29 is 22.7 Å². The molecule has 0 aliphatic rings. The highest BCUT2D eigenvalue weighted by molar-refractivity contribution is 7.89. The van der Waals surface area contributed by atoms with Crippen molar-refractivity contribution in [1.29, 1.82) is 0 Å². The van der Waals surface area contributed by atoms with Crippen LogP contribution in [0, 0.1) is 0 Å². The Labute approximate surface area is 162 Å². The average Bonchev–Trinajstić information content (AvgIpc) is 2.61. The van der Waals surface area contributed by atoms with Crippen LogP contribution in [0.15, 0.2) is 53.4 Å². The first-order valence-electron chi connectivity index (χ1n) is 8.03. The summed E-state index contributed by atoms with van der Waals surface area (Å²) in [5.74, 6) is -1.39. The molecule has 0 aliphatic carbocycles. The smallest absolute Gasteiger partial charge is 0.340 e. The molecule has 0 saturated heterocycles. The van der Waals surface area contributed by atoms with E-state index in [1.54, 1.807) is 0 Å². The van der Waals surface area contributed by atoms with Crippen molar-refractivity contribution in [2.75, 3.05) is 6.54 Å². The van der Waals surface area contributed by atoms with Crippen LogP contribution >= 0.6 is 11.6 Å². The van der Waals surface area contributed by atoms with Crippen molar-refractivity contribution in [3.63, 3.8) is 0 Å². The Morgan fingerprint density at radius 2 is 1.85 bits per heavy atom. The maximum absolute atomic E-state index is 12.2. The Kier molecular flexibility index (Phi) is 6.95. The third-order valence-corrected chi connectivity index (χ3v) is 4.94. The topological polar surface area (TPSA) is 116 Å². The van der Waals surface area contributed by atoms with Crippen molar-refractivity contribution in [2.24, 2.45) is 5.14 Å². The number of esters is 1. The van der Waals surface area contributed by atoms with Crippen molar-refractivity contribution >= 4 is 33.5 Å². The van der Waals surface area contributed by atoms with Gasteiger partial charge in [0.2, 0.25) is 10.0 Å². The summed E-state index contributed by atoms with van der Waals surface area (Å²) in [7, 11) is -4.00. The van der Waals surface area contributed by atoms with Crippen molar-refractivity contribution in [2.45, 2.75) is 24.3 Å². The SMILES string of the molecule is C[C@H](OC(=O)c1cc(S(N)(=O)=O)ccc1Cl)C(=O)NCCc1ccccc1. The standard InChI is InChI=1S/C18H19ClN2O5S/c1-12(17(22)21-10-9-13-5-3-2-4-6-13)26-18(23)15-11-14(27(20,24)25)7-8-16(15)19/h2-8,11-12H,9-10H2,1H3,(H,21,22)(H2,20,24,25)/t12-/m0/s1. The molecular weight excluding hydrogens is 392 g/mol. The van der Waals surface area contributed by atoms with Crippen LogP contribution < -0.4 is 10.5 Å². The molecular formula is C18H19ClN2O5S. The summed E-state index contributed by atoms with van der Waals surface area (Å²) in [6, 6.07) is 13.0. The van der Waals surface area contributed by atoms with Crippen LogP contribution in [0.25, 0.3) is 0 Å². The maximum atomic E-state index is 12.2. The summed E-state index contributed by atoms with van der Waals surface area (Å²) in [5, 5.41) is 7.70. The number of hydrogen-bond donors (Lipinski definition) is 2. The van der Waals surface area contributed by atoms with Gasteiger partial charge >= 0.3 is 5.97 Å². The fraction of sp³-hybridized carbons (Fsp3) is 0.222. The van der Waals surface area contributed by atoms with Gasteiger partial charge in [-0.15, -0.1) is 0 Å². The van der Waals surface area contributed by atoms with E-state index in [-0.39, 0.29) is 15.5 Å². The van der Waals surface area contributed by atoms with E-state index in [1.807, 2.05) is 30.3 Å². The fourth-order valence-corrected chi connectivity index (χ4v) is 2.97. The molecule has 144 valence electrons. The molecule has 0 fully saturated rings. The van der Waals surface area contributed by atoms with Crippen LogP contribution in [0.1, 0.15) is 22.8 Å². The zero-order chi connectivity index (χ0) is 20.0. The molecule has 7 nitrogen and oxygen atoms in total. The number of carbonyl (C=O) groups excluding carboxylic acids is 2. The van der Waals surface area contributed by atoms with Gasteiger partial charge in [0.1, 0.15) is 0 Å². The molecule has 2 aromatic rings. The molecule has 0 aliphatic heterocycles. The van der Waals surface area contributed by atoms with E-state index in [9.17, 15) is 18.0 Å². The second kappa shape index (κ2) is 8.98. The molecule has 0 bridgehead atoms. The minimum absolute atomic E-state index is 0.0101. The van der Waals surface area contributed by atoms with E-state index in [4.69, 9.17) is 21.5 Å². The van der Waals surface area contributed by atoms with Crippen LogP contribution in [0.2, 0.25) is 5.02 Å². The van der Waals surface area contributed by atoms with Gasteiger partial charge in [-0.05, 0) is 37.1 Å². The van der Waals surface area contributed by atoms with E-state index in [2.05, 4.69) is 5.32 Å². The van der Waals surface area contributed by atoms with Gasteiger partial charge in [0.15, 0.2) is 6.10 Å². The van der Waals surface area contributed by atoms with Crippen LogP contribution in [0.5, 0.6) is 0 Å². The lowest BCUT2D eigenvalue weighted by atomic mass is 10.1. The molecule has 0 spiro atoms. The summed E-state index contributed by atoms with van der Waals surface area (Å²) in [6.07, 6.45) is -0.447. The Morgan fingerprint density at radius 3 is 2.48 bits per heavy atom. The van der Waals surface area contributed by atoms with Crippen LogP contribution in [-0.2, 0) is 26.0 Å². The highest BCUT2D eigenvalue weighted by Gasteiger charge is 2.22. The normalized spacial score (nSPS) is 12.3. The predicted molar refractivity (Wildman–Crippen MR) is 101 cm³/mol. The third-order valence-electron chi connectivity index (χ3n) is 3.70. The summed E-state index contributed by atoms with van der Waals surface area (Å²) >= 11 is 5.92. The van der Waals surface area contributed by atoms with E-state index in [0.29, 0.717) is 13.0 Å². The third kappa shape index (κ3) is 6.06. The predicted octanol–water partition coefficient (Wildman–Crippen LogP) is 1.89. The highest BCUT2D eigenvalue weighted by atomic mass is 35.5. The molecule has 1 amide bonds. The van der Waals surface area contributed by atoms with Crippen molar-refractivity contribution in [3.8, 4) is 0 Å². The molecule has 2 aromatic carbocycles. The van der Waals surface area contributed by atoms with E-state index < -0.39 is 28.0 Å². The largest absolute Gasteiger partial charge is 0.449 e. The number of ether oxygens (including phenoxy) is 1. The second-order valence-electron chi connectivity index (χ2n) is 5.76. The van der Waals surface area contributed by atoms with Gasteiger partial charge in [0, 0.05) is 6.54 Å². The van der Waals surface area contributed by atoms with Crippen molar-refractivity contribution in [3.05, 3.63) is 64.7 Å². The second-order valence-corrected chi connectivity index (χ2v) is 7.73. The monoisotopic (exact) mass is 410 g/mol. The number of halogens is 1. The first kappa shape index (κ1) is 20.9. The van der Waals surface area contributed by atoms with Gasteiger partial charge in [-0.1, -0.05) is 41.9 Å². The molecule has 0 radical (unpaired) electrons. The first-order chi connectivity index (χ1) is 12.7. The minimum Gasteiger partial charge on any atom is -0.449 e. The zero-order valence-corrected chi connectivity index (χ0v) is 16.1. The van der Waals surface area contributed by atoms with Crippen LogP contribution in [-0.4, -0.2) is 32.9 Å². The van der Waals surface area contributed by atoms with Gasteiger partial charge < -0.3 is 10.1 Å². The van der Waals surface area contributed by atoms with Gasteiger partial charge in [0.25, 0.3) is 5.91 Å². The number of carbonyl (C=O) groups is 2. The zero-order valence-electron chi connectivity index (χ0n) is 14.5. The molecule has 9 heteroatoms. The number of primary sulfonamides is 1. The number of benzene rings is 2. The Bertz CT molecular complexity index is 932. The number of amides is 1. The molecule has 27 heavy (non-hydrogen) atoms. The summed E-state index contributed by atoms with van der Waals surface area (Å²) in [6.45, 7) is 1.79. The van der Waals surface area contributed by atoms with Gasteiger partial charge in [-0.3, -0.25) is 4.79 Å². The molecule has 0 aromatic heterocycles. The molecule has 0 saturated carbocycles. The number of nitrogens with two attached hydrogens (primary N) is 1. The van der Waals surface area contributed by atoms with Gasteiger partial charge in [-0.25, -0.2) is 18.4 Å². The van der Waals surface area contributed by atoms with Crippen LogP contribution in [0.3, 0.4) is 0 Å². The summed E-state index contributed by atoms with van der Waals surface area (Å²) < 4.78 is 27.9. The first-order valence-corrected chi connectivity index (χ1v) is 9.96. The Hall–Kier alpha value is -2.42. The molecule has 3 N–H and O–H groups in total. The van der Waals surface area contributed by atoms with E-state index in [1.165, 1.54) is 19.1 Å². The van der Waals surface area contributed by atoms with Gasteiger partial charge in [-0.2, -0.15) is 0 Å². The Balaban J connectivity index is 1.95. The van der Waals surface area contributed by atoms with Gasteiger partial charge in [0.05, 0.1) is 15.5 Å². The number of sulfonamides is 1. The summed E-state index contributed by atoms with van der Waals surface area (Å²) in [4.78, 5) is 24.0. The lowest BCUT2D eigenvalue weighted by Gasteiger charge is -2.14. The number of hydrogen-bond acceptors (Lipinski definition) is 5. The molecule has 1 atom stereocenters. The lowest BCUT2D eigenvalue weighted by Crippen LogP contribution is -2.37. The molecule has 0 heterocycles. The van der Waals surface area contributed by atoms with Crippen LogP contribution in [0.4, 0.5) is 0 Å². The number of nitrogens with one attached hydrogen (secondary N) is 1. The Morgan fingerprint density at radius 1 is 1.19 bits per heavy atom. The lowest BCUT2D eigenvalue weighted by molar-refractivity contribution is -0.129. The summed E-state index contributed by atoms with van der Waals surface area (Å²) in [5.41, 5.74) is 0.876. The van der Waals surface area contributed by atoms with E-state index in [0.717, 1.165) is 11.6 Å². The number of rotatable bonds is 7. The van der Waals surface area contributed by atoms with E-state index >= 15 is 0 Å². The molecule has 0 unspecified atom stereocenters. The maximum Gasteiger partial charge on any atom is 0.340 e. The minimum atomic E-state index is -4.00. The fourth-order valence-electron chi connectivity index (χ4n) is 2.23. The average molecular weight is 411 g/mol. The molecule has 2 rings (SSSR count). The highest BCUT2D eigenvalue weighted by Crippen LogP contribution is 2.21. The quantitative estimate of drug-likeness (QED) is 0.676. The van der Waals surface area contributed by atoms with Crippen molar-refractivity contribution in [1.82, 2.24) is 5.32 Å².